The lowest BCUT2D eigenvalue weighted by Gasteiger charge is -2.29. The fraction of sp³-hybridized carbons (Fsp3) is 0.561. The van der Waals surface area contributed by atoms with Crippen LogP contribution in [0.4, 0.5) is 0 Å². The highest BCUT2D eigenvalue weighted by atomic mass is 16.4. The van der Waals surface area contributed by atoms with Crippen molar-refractivity contribution in [3.05, 3.63) is 47.5 Å². The van der Waals surface area contributed by atoms with Crippen molar-refractivity contribution in [2.24, 2.45) is 5.92 Å². The zero-order chi connectivity index (χ0) is 42.2. The van der Waals surface area contributed by atoms with Crippen molar-refractivity contribution in [3.63, 3.8) is 0 Å². The average Bonchev–Trinajstić information content (AvgIpc) is 3.16. The number of benzene rings is 2. The van der Waals surface area contributed by atoms with Crippen molar-refractivity contribution in [1.82, 2.24) is 31.1 Å². The van der Waals surface area contributed by atoms with E-state index in [1.807, 2.05) is 0 Å². The van der Waals surface area contributed by atoms with Gasteiger partial charge in [-0.05, 0) is 61.1 Å². The van der Waals surface area contributed by atoms with Gasteiger partial charge in [0.2, 0.25) is 29.5 Å². The fourth-order valence-electron chi connectivity index (χ4n) is 6.65. The number of carboxylic acids is 1. The predicted molar refractivity (Wildman–Crippen MR) is 213 cm³/mol. The van der Waals surface area contributed by atoms with E-state index in [1.165, 1.54) is 63.0 Å². The quantitative estimate of drug-likeness (QED) is 0.102. The first kappa shape index (κ1) is 46.2. The Labute approximate surface area is 334 Å². The number of likely N-dealkylation sites (N-methyl/N-ethyl adjacent to an activating group) is 2. The number of hydrogen-bond acceptors (Lipinski definition) is 10. The highest BCUT2D eigenvalue weighted by Crippen LogP contribution is 2.38. The maximum Gasteiger partial charge on any atom is 0.321 e. The minimum absolute atomic E-state index is 0.00909. The van der Waals surface area contributed by atoms with Crippen LogP contribution in [0.5, 0.6) is 11.5 Å². The summed E-state index contributed by atoms with van der Waals surface area (Å²) in [7, 11) is 2.78. The van der Waals surface area contributed by atoms with Gasteiger partial charge in [0.1, 0.15) is 35.7 Å². The molecule has 4 bridgehead atoms. The predicted octanol–water partition coefficient (Wildman–Crippen LogP) is 2.20. The van der Waals surface area contributed by atoms with Crippen LogP contribution in [0, 0.1) is 5.92 Å². The van der Waals surface area contributed by atoms with E-state index in [-0.39, 0.29) is 60.0 Å². The number of aliphatic hydroxyl groups is 1. The normalized spacial score (nSPS) is 16.7. The molecule has 0 spiro atoms. The molecule has 0 aliphatic carbocycles. The molecule has 314 valence electrons. The second-order valence-electron chi connectivity index (χ2n) is 15.1. The Balaban J connectivity index is 1.64. The Morgan fingerprint density at radius 2 is 1.47 bits per heavy atom. The molecular weight excluding hydrogens is 736 g/mol. The number of aliphatic carboxylic acids is 1. The lowest BCUT2D eigenvalue weighted by atomic mass is 9.94. The van der Waals surface area contributed by atoms with Gasteiger partial charge < -0.3 is 51.5 Å². The Morgan fingerprint density at radius 3 is 2.12 bits per heavy atom. The third-order valence-corrected chi connectivity index (χ3v) is 10.2. The van der Waals surface area contributed by atoms with Gasteiger partial charge >= 0.3 is 5.97 Å². The number of amides is 5. The molecule has 2 aromatic carbocycles. The van der Waals surface area contributed by atoms with E-state index in [9.17, 15) is 49.2 Å². The van der Waals surface area contributed by atoms with Crippen LogP contribution in [-0.2, 0) is 35.2 Å². The summed E-state index contributed by atoms with van der Waals surface area (Å²) in [6.07, 6.45) is 7.50. The number of carbonyl (C=O) groups is 6. The SMILES string of the molecule is CC(C)CCCCCCCCC(=O)N(C)C(CO)C(=O)NC(C)C(=O)NCC(=O)N(C)C1C(=O)NCCNC(C(=O)O)Cc2ccc(O)c(c2)-c2cc1ccc2O. The molecular formula is C41H60N6O10. The Hall–Kier alpha value is -5.22. The summed E-state index contributed by atoms with van der Waals surface area (Å²) in [5.41, 5.74) is 1.15. The highest BCUT2D eigenvalue weighted by molar-refractivity contribution is 5.94. The molecule has 0 radical (unpaired) electrons. The van der Waals surface area contributed by atoms with E-state index in [2.05, 4.69) is 35.1 Å². The van der Waals surface area contributed by atoms with Gasteiger partial charge in [0.15, 0.2) is 0 Å². The molecule has 5 amide bonds. The Kier molecular flexibility index (Phi) is 18.2. The summed E-state index contributed by atoms with van der Waals surface area (Å²) >= 11 is 0. The zero-order valence-corrected chi connectivity index (χ0v) is 33.7. The third-order valence-electron chi connectivity index (χ3n) is 10.2. The van der Waals surface area contributed by atoms with Crippen LogP contribution in [0.2, 0.25) is 0 Å². The first-order valence-corrected chi connectivity index (χ1v) is 19.6. The summed E-state index contributed by atoms with van der Waals surface area (Å²) in [6, 6.07) is 4.02. The number of aromatic hydroxyl groups is 2. The van der Waals surface area contributed by atoms with E-state index in [0.29, 0.717) is 17.9 Å². The lowest BCUT2D eigenvalue weighted by Crippen LogP contribution is -2.55. The van der Waals surface area contributed by atoms with Gasteiger partial charge in [0.05, 0.1) is 13.2 Å². The maximum atomic E-state index is 13.6. The van der Waals surface area contributed by atoms with Gasteiger partial charge in [-0.25, -0.2) is 0 Å². The van der Waals surface area contributed by atoms with Crippen LogP contribution >= 0.6 is 0 Å². The number of fused-ring (bicyclic) bond motifs is 5. The van der Waals surface area contributed by atoms with Crippen molar-refractivity contribution in [1.29, 1.82) is 0 Å². The van der Waals surface area contributed by atoms with Crippen molar-refractivity contribution in [3.8, 4) is 22.6 Å². The first-order valence-electron chi connectivity index (χ1n) is 19.6. The molecule has 16 heteroatoms. The van der Waals surface area contributed by atoms with Crippen molar-refractivity contribution >= 4 is 35.5 Å². The third kappa shape index (κ3) is 13.7. The minimum Gasteiger partial charge on any atom is -0.507 e. The molecule has 4 atom stereocenters. The van der Waals surface area contributed by atoms with Gasteiger partial charge in [-0.15, -0.1) is 0 Å². The Morgan fingerprint density at radius 1 is 0.842 bits per heavy atom. The number of phenolic OH excluding ortho intramolecular Hbond substituents is 2. The maximum absolute atomic E-state index is 13.6. The average molecular weight is 797 g/mol. The number of hydrogen-bond donors (Lipinski definition) is 8. The van der Waals surface area contributed by atoms with Crippen LogP contribution in [-0.4, -0.2) is 124 Å². The molecule has 1 heterocycles. The van der Waals surface area contributed by atoms with Crippen LogP contribution in [0.1, 0.15) is 89.3 Å². The van der Waals surface area contributed by atoms with E-state index < -0.39 is 66.9 Å². The highest BCUT2D eigenvalue weighted by Gasteiger charge is 2.32. The van der Waals surface area contributed by atoms with Crippen molar-refractivity contribution in [2.75, 3.05) is 40.3 Å². The van der Waals surface area contributed by atoms with Crippen LogP contribution in [0.25, 0.3) is 11.1 Å². The largest absolute Gasteiger partial charge is 0.507 e. The standard InChI is InChI=1S/C41H60N6O10/c1-25(2)12-10-8-6-7-9-11-13-35(51)46(4)32(24-48)39(54)45-26(3)38(53)44-23-36(52)47(5)37-28-15-17-34(50)30(22-28)29-20-27(14-16-33(29)49)21-31(41(56)57)42-18-19-43-40(37)55/h14-17,20,22,25-26,31-32,37,42,48-50H,6-13,18-19,21,23-24H2,1-5H3,(H,43,55)(H,44,53)(H,45,54)(H,56,57). The minimum atomic E-state index is -1.29. The van der Waals surface area contributed by atoms with Crippen LogP contribution < -0.4 is 21.3 Å². The van der Waals surface area contributed by atoms with Gasteiger partial charge in [-0.1, -0.05) is 64.5 Å². The molecule has 16 nitrogen and oxygen atoms in total. The van der Waals surface area contributed by atoms with Crippen molar-refractivity contribution < 1.29 is 49.2 Å². The number of carbonyl (C=O) groups excluding carboxylic acids is 5. The monoisotopic (exact) mass is 796 g/mol. The molecule has 0 saturated carbocycles. The molecule has 2 aromatic rings. The number of phenols is 2. The summed E-state index contributed by atoms with van der Waals surface area (Å²) in [4.78, 5) is 80.3. The molecule has 0 saturated heterocycles. The number of nitrogens with zero attached hydrogens (tertiary/aromatic N) is 2. The van der Waals surface area contributed by atoms with E-state index in [0.717, 1.165) is 30.6 Å². The second-order valence-corrected chi connectivity index (χ2v) is 15.1. The smallest absolute Gasteiger partial charge is 0.321 e. The lowest BCUT2D eigenvalue weighted by molar-refractivity contribution is -0.142. The molecule has 0 fully saturated rings. The summed E-state index contributed by atoms with van der Waals surface area (Å²) < 4.78 is 0. The summed E-state index contributed by atoms with van der Waals surface area (Å²) in [5.74, 6) is -3.99. The molecule has 1 aliphatic heterocycles. The number of rotatable bonds is 18. The molecule has 4 unspecified atom stereocenters. The van der Waals surface area contributed by atoms with Gasteiger partial charge in [0.25, 0.3) is 0 Å². The number of unbranched alkanes of at least 4 members (excludes halogenated alkanes) is 5. The van der Waals surface area contributed by atoms with Gasteiger partial charge in [0, 0.05) is 44.7 Å². The van der Waals surface area contributed by atoms with E-state index >= 15 is 0 Å². The molecule has 8 N–H and O–H groups in total. The molecule has 3 rings (SSSR count). The molecule has 0 aromatic heterocycles. The summed E-state index contributed by atoms with van der Waals surface area (Å²) in [5, 5.41) is 51.8. The number of aliphatic hydroxyl groups excluding tert-OH is 1. The Bertz CT molecular complexity index is 1720. The fourth-order valence-corrected chi connectivity index (χ4v) is 6.65. The first-order chi connectivity index (χ1) is 27.0. The molecule has 1 aliphatic rings. The van der Waals surface area contributed by atoms with E-state index in [1.54, 1.807) is 12.1 Å². The molecule has 57 heavy (non-hydrogen) atoms. The second kappa shape index (κ2) is 22.5. The van der Waals surface area contributed by atoms with Gasteiger partial charge in [-0.2, -0.15) is 0 Å². The number of nitrogens with one attached hydrogen (secondary N) is 4. The van der Waals surface area contributed by atoms with Crippen LogP contribution in [0.15, 0.2) is 36.4 Å². The zero-order valence-electron chi connectivity index (χ0n) is 33.7. The van der Waals surface area contributed by atoms with Crippen LogP contribution in [0.3, 0.4) is 0 Å². The van der Waals surface area contributed by atoms with Gasteiger partial charge in [-0.3, -0.25) is 28.8 Å². The van der Waals surface area contributed by atoms with Crippen molar-refractivity contribution in [2.45, 2.75) is 103 Å². The van der Waals surface area contributed by atoms with E-state index in [4.69, 9.17) is 0 Å². The number of carboxylic acid groups (broad SMARTS) is 1. The topological polar surface area (TPSA) is 238 Å². The summed E-state index contributed by atoms with van der Waals surface area (Å²) in [6.45, 7) is 4.65.